The monoisotopic (exact) mass is 801 g/mol. The molecule has 264 valence electrons. The lowest BCUT2D eigenvalue weighted by Gasteiger charge is -2.44. The van der Waals surface area contributed by atoms with Crippen LogP contribution in [0.5, 0.6) is 0 Å². The van der Waals surface area contributed by atoms with Crippen molar-refractivity contribution in [2.75, 3.05) is 50.9 Å². The normalized spacial score (nSPS) is 21.5. The molecule has 4 N–H and O–H groups in total. The van der Waals surface area contributed by atoms with Gasteiger partial charge in [0.2, 0.25) is 5.91 Å². The summed E-state index contributed by atoms with van der Waals surface area (Å²) in [4.78, 5) is 61.0. The van der Waals surface area contributed by atoms with E-state index >= 15 is 0 Å². The van der Waals surface area contributed by atoms with Crippen molar-refractivity contribution in [2.45, 2.75) is 82.1 Å². The molecule has 0 saturated carbocycles. The molecule has 0 bridgehead atoms. The first-order valence-electron chi connectivity index (χ1n) is 17.2. The van der Waals surface area contributed by atoms with E-state index in [-0.39, 0.29) is 42.1 Å². The van der Waals surface area contributed by atoms with Gasteiger partial charge >= 0.3 is 18.0 Å². The van der Waals surface area contributed by atoms with Crippen molar-refractivity contribution < 1.29 is 23.9 Å². The van der Waals surface area contributed by atoms with E-state index in [9.17, 15) is 19.2 Å². The first-order valence-corrected chi connectivity index (χ1v) is 18.8. The number of nitrogens with one attached hydrogen (secondary N) is 2. The lowest BCUT2D eigenvalue weighted by molar-refractivity contribution is -0.150. The second-order valence-electron chi connectivity index (χ2n) is 13.4. The van der Waals surface area contributed by atoms with E-state index in [1.165, 1.54) is 7.11 Å². The van der Waals surface area contributed by atoms with Crippen molar-refractivity contribution in [1.82, 2.24) is 24.9 Å². The summed E-state index contributed by atoms with van der Waals surface area (Å²) in [7, 11) is 1.44. The van der Waals surface area contributed by atoms with Crippen molar-refractivity contribution in [1.29, 1.82) is 0 Å². The Labute approximate surface area is 304 Å². The van der Waals surface area contributed by atoms with E-state index < -0.39 is 6.04 Å². The molecule has 4 aliphatic rings. The molecule has 4 heterocycles. The number of hydrogen-bond donors (Lipinski definition) is 3. The molecular weight excluding hydrogens is 758 g/mol. The summed E-state index contributed by atoms with van der Waals surface area (Å²) in [6, 6.07) is 10.4. The zero-order valence-corrected chi connectivity index (χ0v) is 31.0. The van der Waals surface area contributed by atoms with Crippen LogP contribution in [0.3, 0.4) is 0 Å². The summed E-state index contributed by atoms with van der Waals surface area (Å²) >= 11 is 7.03. The Morgan fingerprint density at radius 2 is 1.59 bits per heavy atom. The van der Waals surface area contributed by atoms with Gasteiger partial charge in [-0.15, -0.1) is 0 Å². The van der Waals surface area contributed by atoms with Crippen molar-refractivity contribution >= 4 is 67.2 Å². The highest BCUT2D eigenvalue weighted by atomic mass is 79.9. The van der Waals surface area contributed by atoms with Crippen LogP contribution in [-0.2, 0) is 27.3 Å². The third-order valence-electron chi connectivity index (χ3n) is 10.5. The molecule has 4 aliphatic heterocycles. The van der Waals surface area contributed by atoms with Crippen LogP contribution in [0.15, 0.2) is 45.3 Å². The smallest absolute Gasteiger partial charge is 0.323 e. The Kier molecular flexibility index (Phi) is 11.3. The van der Waals surface area contributed by atoms with Gasteiger partial charge in [0.25, 0.3) is 0 Å². The van der Waals surface area contributed by atoms with Gasteiger partial charge in [-0.1, -0.05) is 24.6 Å². The highest BCUT2D eigenvalue weighted by Crippen LogP contribution is 2.32. The summed E-state index contributed by atoms with van der Waals surface area (Å²) in [5, 5.41) is 6.07. The number of likely N-dealkylation sites (tertiary alicyclic amines) is 3. The fraction of sp³-hybridized carbons (Fsp3) is 0.543. The molecule has 2 aromatic carbocycles. The third kappa shape index (κ3) is 8.01. The van der Waals surface area contributed by atoms with Crippen LogP contribution in [0.4, 0.5) is 21.0 Å². The van der Waals surface area contributed by atoms with Gasteiger partial charge < -0.3 is 35.8 Å². The number of piperidine rings is 3. The van der Waals surface area contributed by atoms with E-state index in [0.717, 1.165) is 55.5 Å². The Balaban J connectivity index is 1.10. The number of halogens is 2. The number of benzene rings is 2. The van der Waals surface area contributed by atoms with Gasteiger partial charge in [0.15, 0.2) is 0 Å². The Morgan fingerprint density at radius 1 is 0.939 bits per heavy atom. The molecule has 0 radical (unpaired) electrons. The largest absolute Gasteiger partial charge is 0.468 e. The molecule has 14 heteroatoms. The predicted molar refractivity (Wildman–Crippen MR) is 194 cm³/mol. The second kappa shape index (κ2) is 15.7. The average molecular weight is 804 g/mol. The Hall–Kier alpha value is -3.36. The Morgan fingerprint density at radius 3 is 2.29 bits per heavy atom. The maximum Gasteiger partial charge on any atom is 0.323 e. The van der Waals surface area contributed by atoms with E-state index in [4.69, 9.17) is 10.5 Å². The number of nitrogens with two attached hydrogens (primary N) is 1. The van der Waals surface area contributed by atoms with Crippen LogP contribution in [0.25, 0.3) is 0 Å². The van der Waals surface area contributed by atoms with E-state index in [0.29, 0.717) is 66.6 Å². The number of methoxy groups -OCH3 is 1. The fourth-order valence-electron chi connectivity index (χ4n) is 7.75. The van der Waals surface area contributed by atoms with Gasteiger partial charge in [0, 0.05) is 65.9 Å². The summed E-state index contributed by atoms with van der Waals surface area (Å²) in [5.41, 5.74) is 9.48. The van der Waals surface area contributed by atoms with Gasteiger partial charge in [-0.2, -0.15) is 0 Å². The summed E-state index contributed by atoms with van der Waals surface area (Å²) in [6.45, 7) is 3.43. The molecule has 12 nitrogen and oxygen atoms in total. The number of hydrogen-bond acceptors (Lipinski definition) is 7. The quantitative estimate of drug-likeness (QED) is 0.266. The van der Waals surface area contributed by atoms with Crippen LogP contribution in [0, 0.1) is 0 Å². The van der Waals surface area contributed by atoms with Crippen molar-refractivity contribution in [3.8, 4) is 0 Å². The number of nitrogens with zero attached hydrogens (tertiary/aromatic N) is 4. The van der Waals surface area contributed by atoms with Crippen molar-refractivity contribution in [3.63, 3.8) is 0 Å². The molecule has 0 aliphatic carbocycles. The molecule has 6 rings (SSSR count). The molecule has 0 spiro atoms. The van der Waals surface area contributed by atoms with Crippen LogP contribution in [0.2, 0.25) is 0 Å². The zero-order valence-electron chi connectivity index (χ0n) is 27.8. The standard InChI is InChI=1S/C35H45Br2N7O5/c1-49-33(46)30-8-4-5-13-43(30)24-9-14-41(15-10-24)32(45)29(20-22-18-26(36)31(38)27(37)19-22)40-34(47)42-16-11-25(12-17-42)44-21-23-6-2-3-7-28(23)39-35(44)48/h2-3,6-7,18-19,24-25,29-30H,4-5,8-17,20-21,38H2,1H3,(H,39,48)(H,40,47)/t29-,30+/m1/s1. The first kappa shape index (κ1) is 35.5. The maximum atomic E-state index is 14.2. The van der Waals surface area contributed by atoms with Gasteiger partial charge in [0.05, 0.1) is 12.8 Å². The van der Waals surface area contributed by atoms with Crippen LogP contribution in [0.1, 0.15) is 56.1 Å². The minimum atomic E-state index is -0.786. The maximum absolute atomic E-state index is 14.2. The molecule has 5 amide bonds. The van der Waals surface area contributed by atoms with Crippen LogP contribution < -0.4 is 16.4 Å². The number of fused-ring (bicyclic) bond motifs is 1. The molecule has 2 aromatic rings. The third-order valence-corrected chi connectivity index (χ3v) is 11.8. The van der Waals surface area contributed by atoms with E-state index in [1.807, 2.05) is 46.2 Å². The number of esters is 1. The first-order chi connectivity index (χ1) is 23.6. The topological polar surface area (TPSA) is 141 Å². The predicted octanol–water partition coefficient (Wildman–Crippen LogP) is 4.95. The molecule has 0 unspecified atom stereocenters. The fourth-order valence-corrected chi connectivity index (χ4v) is 9.03. The number of carbonyl (C=O) groups excluding carboxylic acids is 4. The molecule has 2 atom stereocenters. The molecule has 49 heavy (non-hydrogen) atoms. The minimum Gasteiger partial charge on any atom is -0.468 e. The highest BCUT2D eigenvalue weighted by Gasteiger charge is 2.38. The van der Waals surface area contributed by atoms with Crippen LogP contribution in [-0.4, -0.2) is 108 Å². The lowest BCUT2D eigenvalue weighted by Crippen LogP contribution is -2.58. The van der Waals surface area contributed by atoms with Crippen molar-refractivity contribution in [3.05, 3.63) is 56.5 Å². The summed E-state index contributed by atoms with van der Waals surface area (Å²) in [6.07, 6.45) is 5.94. The number of ether oxygens (including phenoxy) is 1. The van der Waals surface area contributed by atoms with Gasteiger partial charge in [-0.05, 0) is 106 Å². The minimum absolute atomic E-state index is 0.0132. The van der Waals surface area contributed by atoms with Gasteiger partial charge in [-0.25, -0.2) is 9.59 Å². The second-order valence-corrected chi connectivity index (χ2v) is 15.2. The highest BCUT2D eigenvalue weighted by molar-refractivity contribution is 9.11. The number of amides is 5. The van der Waals surface area contributed by atoms with Gasteiger partial charge in [-0.3, -0.25) is 14.5 Å². The van der Waals surface area contributed by atoms with Gasteiger partial charge in [0.1, 0.15) is 12.1 Å². The zero-order chi connectivity index (χ0) is 34.7. The molecular formula is C35H45Br2N7O5. The summed E-state index contributed by atoms with van der Waals surface area (Å²) < 4.78 is 6.52. The van der Waals surface area contributed by atoms with E-state index in [1.54, 1.807) is 4.90 Å². The van der Waals surface area contributed by atoms with Crippen LogP contribution >= 0.6 is 31.9 Å². The SMILES string of the molecule is COC(=O)[C@@H]1CCCCN1C1CCN(C(=O)[C@@H](Cc2cc(Br)c(N)c(Br)c2)NC(=O)N2CCC(N3Cc4ccccc4NC3=O)CC2)CC1. The number of rotatable bonds is 7. The average Bonchev–Trinajstić information content (AvgIpc) is 3.12. The molecule has 3 fully saturated rings. The number of urea groups is 2. The summed E-state index contributed by atoms with van der Waals surface area (Å²) in [5.74, 6) is -0.312. The van der Waals surface area contributed by atoms with Crippen molar-refractivity contribution in [2.24, 2.45) is 0 Å². The lowest BCUT2D eigenvalue weighted by atomic mass is 9.94. The number of carbonyl (C=O) groups is 4. The number of para-hydroxylation sites is 1. The van der Waals surface area contributed by atoms with E-state index in [2.05, 4.69) is 47.4 Å². The number of nitrogen functional groups attached to an aromatic ring is 1. The molecule has 3 saturated heterocycles. The molecule has 0 aromatic heterocycles. The Bertz CT molecular complexity index is 1540. The number of anilines is 2.